The molecule has 1 aromatic carbocycles. The minimum atomic E-state index is -0.388. The number of amides is 1. The number of hydrogen-bond acceptors (Lipinski definition) is 5. The van der Waals surface area contributed by atoms with E-state index in [9.17, 15) is 9.59 Å². The topological polar surface area (TPSA) is 81.3 Å². The number of aromatic amines is 1. The Bertz CT molecular complexity index is 830. The molecule has 0 atom stereocenters. The molecular formula is C18H22ClN5O2. The molecule has 0 saturated carbocycles. The second-order valence-corrected chi connectivity index (χ2v) is 6.60. The highest BCUT2D eigenvalue weighted by Gasteiger charge is 2.22. The lowest BCUT2D eigenvalue weighted by molar-refractivity contribution is -0.117. The van der Waals surface area contributed by atoms with Gasteiger partial charge < -0.3 is 10.2 Å². The van der Waals surface area contributed by atoms with E-state index in [1.807, 2.05) is 29.2 Å². The number of rotatable bonds is 5. The van der Waals surface area contributed by atoms with Crippen LogP contribution in [0.3, 0.4) is 0 Å². The van der Waals surface area contributed by atoms with E-state index in [1.165, 1.54) is 0 Å². The fourth-order valence-corrected chi connectivity index (χ4v) is 3.30. The van der Waals surface area contributed by atoms with Crippen molar-refractivity contribution in [2.24, 2.45) is 0 Å². The predicted molar refractivity (Wildman–Crippen MR) is 103 cm³/mol. The molecule has 26 heavy (non-hydrogen) atoms. The van der Waals surface area contributed by atoms with Crippen molar-refractivity contribution >= 4 is 28.9 Å². The van der Waals surface area contributed by atoms with Gasteiger partial charge in [0.15, 0.2) is 0 Å². The molecule has 2 heterocycles. The lowest BCUT2D eigenvalue weighted by atomic mass is 10.1. The fraction of sp³-hybridized carbons (Fsp3) is 0.389. The van der Waals surface area contributed by atoms with Crippen LogP contribution in [-0.2, 0) is 11.2 Å². The second kappa shape index (κ2) is 8.33. The molecule has 0 spiro atoms. The van der Waals surface area contributed by atoms with Gasteiger partial charge in [-0.2, -0.15) is 5.10 Å². The normalized spacial score (nSPS) is 15.1. The van der Waals surface area contributed by atoms with Gasteiger partial charge in [0.05, 0.1) is 18.4 Å². The molecule has 1 aliphatic rings. The van der Waals surface area contributed by atoms with E-state index in [-0.39, 0.29) is 16.5 Å². The summed E-state index contributed by atoms with van der Waals surface area (Å²) in [6.07, 6.45) is 2.44. The van der Waals surface area contributed by atoms with Gasteiger partial charge in [0, 0.05) is 31.9 Å². The van der Waals surface area contributed by atoms with Crippen molar-refractivity contribution in [1.82, 2.24) is 15.1 Å². The number of hydrogen-bond donors (Lipinski definition) is 2. The number of nitrogens with zero attached hydrogens (tertiary/aromatic N) is 3. The summed E-state index contributed by atoms with van der Waals surface area (Å²) >= 11 is 6.06. The zero-order valence-corrected chi connectivity index (χ0v) is 15.4. The maximum Gasteiger partial charge on any atom is 0.285 e. The van der Waals surface area contributed by atoms with Crippen molar-refractivity contribution in [2.75, 3.05) is 42.9 Å². The van der Waals surface area contributed by atoms with E-state index in [4.69, 9.17) is 11.6 Å². The highest BCUT2D eigenvalue weighted by molar-refractivity contribution is 6.33. The summed E-state index contributed by atoms with van der Waals surface area (Å²) in [5, 5.41) is 9.28. The number of halogens is 1. The molecule has 2 N–H and O–H groups in total. The monoisotopic (exact) mass is 375 g/mol. The molecule has 1 aromatic heterocycles. The molecule has 2 aromatic rings. The number of aryl methyl sites for hydroxylation is 1. The van der Waals surface area contributed by atoms with Crippen molar-refractivity contribution in [3.05, 3.63) is 51.4 Å². The molecule has 0 bridgehead atoms. The quantitative estimate of drug-likeness (QED) is 0.832. The summed E-state index contributed by atoms with van der Waals surface area (Å²) in [6.45, 7) is 5.21. The molecule has 1 fully saturated rings. The minimum absolute atomic E-state index is 0.0183. The first-order chi connectivity index (χ1) is 12.6. The van der Waals surface area contributed by atoms with E-state index in [0.717, 1.165) is 17.7 Å². The van der Waals surface area contributed by atoms with Gasteiger partial charge in [0.25, 0.3) is 5.56 Å². The van der Waals surface area contributed by atoms with Crippen LogP contribution < -0.4 is 15.8 Å². The number of anilines is 2. The summed E-state index contributed by atoms with van der Waals surface area (Å²) in [7, 11) is 0. The van der Waals surface area contributed by atoms with Crippen LogP contribution in [0.5, 0.6) is 0 Å². The number of piperazine rings is 1. The van der Waals surface area contributed by atoms with Crippen LogP contribution in [0.15, 0.2) is 35.3 Å². The van der Waals surface area contributed by atoms with Gasteiger partial charge in [0.2, 0.25) is 5.91 Å². The number of benzene rings is 1. The lowest BCUT2D eigenvalue weighted by Crippen LogP contribution is -2.49. The number of H-pyrrole nitrogens is 1. The average molecular weight is 376 g/mol. The van der Waals surface area contributed by atoms with Gasteiger partial charge in [-0.1, -0.05) is 36.7 Å². The van der Waals surface area contributed by atoms with Crippen LogP contribution in [0.25, 0.3) is 0 Å². The summed E-state index contributed by atoms with van der Waals surface area (Å²) in [4.78, 5) is 28.0. The van der Waals surface area contributed by atoms with E-state index in [2.05, 4.69) is 27.3 Å². The molecule has 1 amide bonds. The number of carbonyl (C=O) groups is 1. The smallest absolute Gasteiger partial charge is 0.285 e. The fourth-order valence-electron chi connectivity index (χ4n) is 3.08. The highest BCUT2D eigenvalue weighted by atomic mass is 35.5. The average Bonchev–Trinajstić information content (AvgIpc) is 2.65. The molecule has 1 aliphatic heterocycles. The Morgan fingerprint density at radius 1 is 1.27 bits per heavy atom. The van der Waals surface area contributed by atoms with Gasteiger partial charge in [0.1, 0.15) is 5.02 Å². The van der Waals surface area contributed by atoms with Crippen LogP contribution in [0.1, 0.15) is 12.5 Å². The van der Waals surface area contributed by atoms with Gasteiger partial charge in [-0.15, -0.1) is 0 Å². The SMILES string of the molecule is CCc1ccccc1NC(=O)CN1CCN(c2cn[nH]c(=O)c2Cl)CC1. The number of aromatic nitrogens is 2. The molecule has 8 heteroatoms. The molecule has 138 valence electrons. The van der Waals surface area contributed by atoms with E-state index in [0.29, 0.717) is 38.4 Å². The zero-order chi connectivity index (χ0) is 18.5. The summed E-state index contributed by atoms with van der Waals surface area (Å²) < 4.78 is 0. The Morgan fingerprint density at radius 2 is 2.00 bits per heavy atom. The Hall–Kier alpha value is -2.38. The molecular weight excluding hydrogens is 354 g/mol. The van der Waals surface area contributed by atoms with Gasteiger partial charge >= 0.3 is 0 Å². The summed E-state index contributed by atoms with van der Waals surface area (Å²) in [6, 6.07) is 7.85. The second-order valence-electron chi connectivity index (χ2n) is 6.22. The molecule has 1 saturated heterocycles. The van der Waals surface area contributed by atoms with Gasteiger partial charge in [-0.05, 0) is 18.1 Å². The van der Waals surface area contributed by atoms with Crippen LogP contribution in [0.4, 0.5) is 11.4 Å². The largest absolute Gasteiger partial charge is 0.366 e. The van der Waals surface area contributed by atoms with Gasteiger partial charge in [-0.25, -0.2) is 5.10 Å². The first-order valence-electron chi connectivity index (χ1n) is 8.66. The zero-order valence-electron chi connectivity index (χ0n) is 14.7. The van der Waals surface area contributed by atoms with E-state index >= 15 is 0 Å². The summed E-state index contributed by atoms with van der Waals surface area (Å²) in [5.74, 6) is -0.0183. The Labute approximate surface area is 157 Å². The van der Waals surface area contributed by atoms with Crippen molar-refractivity contribution in [1.29, 1.82) is 0 Å². The third kappa shape index (κ3) is 4.23. The minimum Gasteiger partial charge on any atom is -0.366 e. The van der Waals surface area contributed by atoms with Crippen molar-refractivity contribution in [3.63, 3.8) is 0 Å². The van der Waals surface area contributed by atoms with Crippen LogP contribution in [0, 0.1) is 0 Å². The number of nitrogens with one attached hydrogen (secondary N) is 2. The first kappa shape index (κ1) is 18.4. The third-order valence-corrected chi connectivity index (χ3v) is 4.89. The van der Waals surface area contributed by atoms with Crippen LogP contribution in [0.2, 0.25) is 5.02 Å². The first-order valence-corrected chi connectivity index (χ1v) is 9.04. The van der Waals surface area contributed by atoms with Gasteiger partial charge in [-0.3, -0.25) is 14.5 Å². The van der Waals surface area contributed by atoms with Crippen molar-refractivity contribution in [3.8, 4) is 0 Å². The molecule has 3 rings (SSSR count). The molecule has 0 aliphatic carbocycles. The maximum atomic E-state index is 12.4. The molecule has 7 nitrogen and oxygen atoms in total. The Kier molecular flexibility index (Phi) is 5.90. The predicted octanol–water partition coefficient (Wildman–Crippen LogP) is 1.75. The molecule has 0 radical (unpaired) electrons. The van der Waals surface area contributed by atoms with E-state index in [1.54, 1.807) is 6.20 Å². The third-order valence-electron chi connectivity index (χ3n) is 4.53. The van der Waals surface area contributed by atoms with E-state index < -0.39 is 0 Å². The lowest BCUT2D eigenvalue weighted by Gasteiger charge is -2.35. The Balaban J connectivity index is 1.54. The number of carbonyl (C=O) groups excluding carboxylic acids is 1. The van der Waals surface area contributed by atoms with Crippen molar-refractivity contribution < 1.29 is 4.79 Å². The van der Waals surface area contributed by atoms with Crippen LogP contribution >= 0.6 is 11.6 Å². The molecule has 0 unspecified atom stereocenters. The summed E-state index contributed by atoms with van der Waals surface area (Å²) in [5.41, 5.74) is 2.25. The maximum absolute atomic E-state index is 12.4. The standard InChI is InChI=1S/C18H22ClN5O2/c1-2-13-5-3-4-6-14(13)21-16(25)12-23-7-9-24(10-8-23)15-11-20-22-18(26)17(15)19/h3-6,11H,2,7-10,12H2,1H3,(H,21,25)(H,22,26). The Morgan fingerprint density at radius 3 is 2.73 bits per heavy atom. The highest BCUT2D eigenvalue weighted by Crippen LogP contribution is 2.21. The number of para-hydroxylation sites is 1. The van der Waals surface area contributed by atoms with Crippen molar-refractivity contribution in [2.45, 2.75) is 13.3 Å². The van der Waals surface area contributed by atoms with Crippen LogP contribution in [-0.4, -0.2) is 53.7 Å².